The molecule has 1 aromatic heterocycles. The quantitative estimate of drug-likeness (QED) is 0.739. The lowest BCUT2D eigenvalue weighted by atomic mass is 9.89. The van der Waals surface area contributed by atoms with Crippen LogP contribution in [0.5, 0.6) is 0 Å². The van der Waals surface area contributed by atoms with Crippen molar-refractivity contribution in [2.45, 2.75) is 51.5 Å². The molecule has 1 saturated carbocycles. The largest absolute Gasteiger partial charge is 0.352 e. The highest BCUT2D eigenvalue weighted by Gasteiger charge is 2.22. The normalized spacial score (nSPS) is 15.3. The maximum Gasteiger partial charge on any atom is 0.258 e. The van der Waals surface area contributed by atoms with E-state index in [-0.39, 0.29) is 23.0 Å². The van der Waals surface area contributed by atoms with Gasteiger partial charge in [0.2, 0.25) is 5.43 Å². The number of nitrogens with one attached hydrogen (secondary N) is 1. The zero-order valence-electron chi connectivity index (χ0n) is 18.8. The summed E-state index contributed by atoms with van der Waals surface area (Å²) in [5.41, 5.74) is 0.686. The lowest BCUT2D eigenvalue weighted by Crippen LogP contribution is -2.36. The molecule has 2 aromatic rings. The second kappa shape index (κ2) is 10.4. The third-order valence-electron chi connectivity index (χ3n) is 6.09. The van der Waals surface area contributed by atoms with E-state index in [1.54, 1.807) is 26.5 Å². The van der Waals surface area contributed by atoms with Crippen molar-refractivity contribution in [3.63, 3.8) is 0 Å². The van der Waals surface area contributed by atoms with Crippen molar-refractivity contribution in [1.82, 2.24) is 14.8 Å². The fourth-order valence-corrected chi connectivity index (χ4v) is 4.20. The van der Waals surface area contributed by atoms with E-state index in [2.05, 4.69) is 5.32 Å². The van der Waals surface area contributed by atoms with Gasteiger partial charge in [0, 0.05) is 39.6 Å². The number of amides is 2. The smallest absolute Gasteiger partial charge is 0.258 e. The van der Waals surface area contributed by atoms with E-state index >= 15 is 0 Å². The summed E-state index contributed by atoms with van der Waals surface area (Å²) in [7, 11) is 3.23. The minimum absolute atomic E-state index is 0.0313. The van der Waals surface area contributed by atoms with Crippen LogP contribution in [0.3, 0.4) is 0 Å². The van der Waals surface area contributed by atoms with E-state index in [1.165, 1.54) is 24.2 Å². The topological polar surface area (TPSA) is 71.4 Å². The summed E-state index contributed by atoms with van der Waals surface area (Å²) < 4.78 is 1.86. The van der Waals surface area contributed by atoms with Crippen LogP contribution >= 0.6 is 0 Å². The van der Waals surface area contributed by atoms with Crippen LogP contribution < -0.4 is 10.7 Å². The predicted octanol–water partition coefficient (Wildman–Crippen LogP) is 3.66. The Morgan fingerprint density at radius 1 is 1.06 bits per heavy atom. The first kappa shape index (κ1) is 22.8. The van der Waals surface area contributed by atoms with Gasteiger partial charge in [0.1, 0.15) is 11.1 Å². The molecule has 1 fully saturated rings. The minimum Gasteiger partial charge on any atom is -0.352 e. The number of carbonyl (C=O) groups excluding carboxylic acids is 2. The van der Waals surface area contributed by atoms with Crippen molar-refractivity contribution in [3.8, 4) is 0 Å². The first-order chi connectivity index (χ1) is 14.9. The zero-order valence-corrected chi connectivity index (χ0v) is 18.8. The molecule has 1 N–H and O–H groups in total. The highest BCUT2D eigenvalue weighted by molar-refractivity contribution is 5.99. The number of rotatable bonds is 7. The van der Waals surface area contributed by atoms with E-state index < -0.39 is 11.3 Å². The Kier molecular flexibility index (Phi) is 7.66. The lowest BCUT2D eigenvalue weighted by molar-refractivity contribution is 0.0825. The second-order valence-corrected chi connectivity index (χ2v) is 8.84. The average Bonchev–Trinajstić information content (AvgIpc) is 2.79. The Labute approximate surface area is 184 Å². The fourth-order valence-electron chi connectivity index (χ4n) is 4.20. The standard InChI is InChI=1S/C25H33N3O3/c1-18(20-12-8-5-9-13-20)14-26-24(30)21-16-28(15-19-10-6-4-7-11-19)17-22(23(21)29)25(31)27(2)3/h5,8-9,12-13,16-19H,4,6-7,10-11,14-15H2,1-3H3,(H,26,30)/t18-/m0/s1. The molecule has 166 valence electrons. The molecule has 1 aliphatic rings. The Morgan fingerprint density at radius 2 is 1.71 bits per heavy atom. The van der Waals surface area contributed by atoms with E-state index in [0.717, 1.165) is 18.4 Å². The number of benzene rings is 1. The minimum atomic E-state index is -0.511. The lowest BCUT2D eigenvalue weighted by Gasteiger charge is -2.23. The van der Waals surface area contributed by atoms with Gasteiger partial charge in [-0.15, -0.1) is 0 Å². The number of hydrogen-bond acceptors (Lipinski definition) is 3. The zero-order chi connectivity index (χ0) is 22.4. The molecule has 6 heteroatoms. The highest BCUT2D eigenvalue weighted by atomic mass is 16.2. The molecule has 3 rings (SSSR count). The van der Waals surface area contributed by atoms with Crippen LogP contribution in [-0.2, 0) is 6.54 Å². The van der Waals surface area contributed by atoms with Crippen LogP contribution in [0.2, 0.25) is 0 Å². The third-order valence-corrected chi connectivity index (χ3v) is 6.09. The summed E-state index contributed by atoms with van der Waals surface area (Å²) in [4.78, 5) is 39.9. The SMILES string of the molecule is C[C@@H](CNC(=O)c1cn(CC2CCCCC2)cc(C(=O)N(C)C)c1=O)c1ccccc1. The van der Waals surface area contributed by atoms with Gasteiger partial charge in [-0.3, -0.25) is 14.4 Å². The number of aromatic nitrogens is 1. The van der Waals surface area contributed by atoms with Gasteiger partial charge in [-0.25, -0.2) is 0 Å². The van der Waals surface area contributed by atoms with Gasteiger partial charge in [0.05, 0.1) is 0 Å². The molecule has 6 nitrogen and oxygen atoms in total. The Hall–Kier alpha value is -2.89. The second-order valence-electron chi connectivity index (χ2n) is 8.84. The van der Waals surface area contributed by atoms with Gasteiger partial charge >= 0.3 is 0 Å². The molecule has 0 bridgehead atoms. The van der Waals surface area contributed by atoms with Gasteiger partial charge in [-0.05, 0) is 30.2 Å². The van der Waals surface area contributed by atoms with Crippen LogP contribution in [-0.4, -0.2) is 41.9 Å². The van der Waals surface area contributed by atoms with Gasteiger partial charge in [0.25, 0.3) is 11.8 Å². The van der Waals surface area contributed by atoms with Crippen molar-refractivity contribution >= 4 is 11.8 Å². The summed E-state index contributed by atoms with van der Waals surface area (Å²) in [6.07, 6.45) is 9.18. The molecule has 1 heterocycles. The maximum absolute atomic E-state index is 13.0. The first-order valence-corrected chi connectivity index (χ1v) is 11.2. The molecule has 0 unspecified atom stereocenters. The van der Waals surface area contributed by atoms with Crippen LogP contribution in [0, 0.1) is 5.92 Å². The van der Waals surface area contributed by atoms with Crippen molar-refractivity contribution in [2.75, 3.05) is 20.6 Å². The molecule has 0 spiro atoms. The molecular formula is C25H33N3O3. The molecule has 0 saturated heterocycles. The van der Waals surface area contributed by atoms with Crippen LogP contribution in [0.25, 0.3) is 0 Å². The number of carbonyl (C=O) groups is 2. The fraction of sp³-hybridized carbons (Fsp3) is 0.480. The predicted molar refractivity (Wildman–Crippen MR) is 122 cm³/mol. The third kappa shape index (κ3) is 5.84. The molecule has 1 aromatic carbocycles. The summed E-state index contributed by atoms with van der Waals surface area (Å²) in [5.74, 6) is -0.193. The summed E-state index contributed by atoms with van der Waals surface area (Å²) in [6, 6.07) is 9.92. The average molecular weight is 424 g/mol. The van der Waals surface area contributed by atoms with E-state index in [1.807, 2.05) is 41.8 Å². The Morgan fingerprint density at radius 3 is 2.35 bits per heavy atom. The van der Waals surface area contributed by atoms with E-state index in [4.69, 9.17) is 0 Å². The van der Waals surface area contributed by atoms with Crippen molar-refractivity contribution in [1.29, 1.82) is 0 Å². The molecule has 31 heavy (non-hydrogen) atoms. The van der Waals surface area contributed by atoms with Crippen molar-refractivity contribution < 1.29 is 9.59 Å². The van der Waals surface area contributed by atoms with E-state index in [0.29, 0.717) is 19.0 Å². The summed E-state index contributed by atoms with van der Waals surface area (Å²) in [6.45, 7) is 3.16. The Bertz CT molecular complexity index is 960. The monoisotopic (exact) mass is 423 g/mol. The number of hydrogen-bond donors (Lipinski definition) is 1. The highest BCUT2D eigenvalue weighted by Crippen LogP contribution is 2.25. The van der Waals surface area contributed by atoms with Gasteiger partial charge < -0.3 is 14.8 Å². The van der Waals surface area contributed by atoms with Crippen LogP contribution in [0.15, 0.2) is 47.5 Å². The Balaban J connectivity index is 1.83. The number of nitrogens with zero attached hydrogens (tertiary/aromatic N) is 2. The molecule has 0 aliphatic heterocycles. The van der Waals surface area contributed by atoms with Gasteiger partial charge in [0.15, 0.2) is 0 Å². The van der Waals surface area contributed by atoms with Crippen LogP contribution in [0.1, 0.15) is 71.2 Å². The molecule has 1 atom stereocenters. The van der Waals surface area contributed by atoms with Crippen molar-refractivity contribution in [2.24, 2.45) is 5.92 Å². The van der Waals surface area contributed by atoms with Gasteiger partial charge in [-0.1, -0.05) is 56.5 Å². The molecular weight excluding hydrogens is 390 g/mol. The molecule has 0 radical (unpaired) electrons. The van der Waals surface area contributed by atoms with Crippen molar-refractivity contribution in [3.05, 3.63) is 69.6 Å². The first-order valence-electron chi connectivity index (χ1n) is 11.2. The summed E-state index contributed by atoms with van der Waals surface area (Å²) >= 11 is 0. The van der Waals surface area contributed by atoms with Gasteiger partial charge in [-0.2, -0.15) is 0 Å². The maximum atomic E-state index is 13.0. The van der Waals surface area contributed by atoms with E-state index in [9.17, 15) is 14.4 Å². The number of pyridine rings is 1. The van der Waals surface area contributed by atoms with Crippen LogP contribution in [0.4, 0.5) is 0 Å². The summed E-state index contributed by atoms with van der Waals surface area (Å²) in [5, 5.41) is 2.89. The molecule has 2 amide bonds. The molecule has 1 aliphatic carbocycles.